The summed E-state index contributed by atoms with van der Waals surface area (Å²) in [6.45, 7) is 0. The van der Waals surface area contributed by atoms with Crippen LogP contribution in [-0.4, -0.2) is 0 Å². The summed E-state index contributed by atoms with van der Waals surface area (Å²) >= 11 is 0. The Bertz CT molecular complexity index is 3010. The maximum Gasteiger partial charge on any atom is 0.136 e. The fourth-order valence-corrected chi connectivity index (χ4v) is 8.25. The molecule has 0 fully saturated rings. The van der Waals surface area contributed by atoms with Gasteiger partial charge in [-0.05, 0) is 115 Å². The molecule has 0 saturated heterocycles. The molecular formula is C50H30O2. The standard InChI is InChI=1S/C50H30O2/c1-2-11-31(12-3-1)32-13-8-14-35(27-32)50-42-19-9-17-36(33-23-25-40-38-15-4-6-21-46(38)51-48(40)28-33)44(42)30-45-37(18-10-20-43(45)50)34-24-26-41-39-16-5-7-22-47(39)52-49(41)29-34/h1-30H. The molecule has 0 N–H and O–H groups in total. The summed E-state index contributed by atoms with van der Waals surface area (Å²) in [6, 6.07) is 65.2. The van der Waals surface area contributed by atoms with E-state index in [4.69, 9.17) is 8.83 Å². The average Bonchev–Trinajstić information content (AvgIpc) is 3.77. The summed E-state index contributed by atoms with van der Waals surface area (Å²) < 4.78 is 12.7. The number of hydrogen-bond acceptors (Lipinski definition) is 2. The average molecular weight is 663 g/mol. The van der Waals surface area contributed by atoms with Crippen molar-refractivity contribution in [1.82, 2.24) is 0 Å². The summed E-state index contributed by atoms with van der Waals surface area (Å²) in [5.74, 6) is 0. The van der Waals surface area contributed by atoms with E-state index in [0.29, 0.717) is 0 Å². The van der Waals surface area contributed by atoms with Gasteiger partial charge in [0.2, 0.25) is 0 Å². The zero-order chi connectivity index (χ0) is 34.2. The summed E-state index contributed by atoms with van der Waals surface area (Å²) in [4.78, 5) is 0. The smallest absolute Gasteiger partial charge is 0.136 e. The van der Waals surface area contributed by atoms with E-state index < -0.39 is 0 Å². The van der Waals surface area contributed by atoms with E-state index in [1.165, 1.54) is 54.9 Å². The fourth-order valence-electron chi connectivity index (χ4n) is 8.25. The lowest BCUT2D eigenvalue weighted by atomic mass is 9.85. The first-order valence-electron chi connectivity index (χ1n) is 17.7. The largest absolute Gasteiger partial charge is 0.456 e. The number of para-hydroxylation sites is 2. The zero-order valence-electron chi connectivity index (χ0n) is 28.1. The highest BCUT2D eigenvalue weighted by Crippen LogP contribution is 2.45. The molecule has 9 aromatic carbocycles. The van der Waals surface area contributed by atoms with Gasteiger partial charge in [-0.3, -0.25) is 0 Å². The van der Waals surface area contributed by atoms with Crippen molar-refractivity contribution in [3.8, 4) is 44.5 Å². The van der Waals surface area contributed by atoms with Gasteiger partial charge in [0.1, 0.15) is 22.3 Å². The van der Waals surface area contributed by atoms with Crippen molar-refractivity contribution < 1.29 is 8.83 Å². The van der Waals surface area contributed by atoms with Crippen LogP contribution in [0.5, 0.6) is 0 Å². The number of fused-ring (bicyclic) bond motifs is 8. The maximum atomic E-state index is 6.37. The third-order valence-electron chi connectivity index (χ3n) is 10.7. The Labute approximate surface area is 299 Å². The Morgan fingerprint density at radius 3 is 1.29 bits per heavy atom. The van der Waals surface area contributed by atoms with E-state index in [1.54, 1.807) is 0 Å². The molecule has 11 rings (SSSR count). The van der Waals surface area contributed by atoms with Crippen molar-refractivity contribution in [2.75, 3.05) is 0 Å². The molecule has 2 heterocycles. The molecule has 2 aromatic heterocycles. The maximum absolute atomic E-state index is 6.37. The fraction of sp³-hybridized carbons (Fsp3) is 0. The quantitative estimate of drug-likeness (QED) is 0.175. The van der Waals surface area contributed by atoms with Crippen LogP contribution in [0, 0.1) is 0 Å². The Hall–Kier alpha value is -6.90. The molecule has 52 heavy (non-hydrogen) atoms. The summed E-state index contributed by atoms with van der Waals surface area (Å²) in [6.07, 6.45) is 0. The summed E-state index contributed by atoms with van der Waals surface area (Å²) in [5, 5.41) is 9.36. The molecule has 242 valence electrons. The van der Waals surface area contributed by atoms with Crippen LogP contribution < -0.4 is 0 Å². The molecule has 0 radical (unpaired) electrons. The zero-order valence-corrected chi connectivity index (χ0v) is 28.1. The van der Waals surface area contributed by atoms with Crippen molar-refractivity contribution in [1.29, 1.82) is 0 Å². The third kappa shape index (κ3) is 4.44. The Kier molecular flexibility index (Phi) is 6.28. The van der Waals surface area contributed by atoms with Crippen molar-refractivity contribution in [3.63, 3.8) is 0 Å². The number of benzene rings is 9. The van der Waals surface area contributed by atoms with Crippen molar-refractivity contribution in [2.45, 2.75) is 0 Å². The minimum Gasteiger partial charge on any atom is -0.456 e. The van der Waals surface area contributed by atoms with E-state index in [2.05, 4.69) is 158 Å². The normalized spacial score (nSPS) is 11.8. The van der Waals surface area contributed by atoms with Crippen LogP contribution >= 0.6 is 0 Å². The molecule has 2 nitrogen and oxygen atoms in total. The molecule has 0 aliphatic carbocycles. The van der Waals surface area contributed by atoms with E-state index in [9.17, 15) is 0 Å². The first kappa shape index (κ1) is 28.9. The minimum atomic E-state index is 0.895. The van der Waals surface area contributed by atoms with E-state index >= 15 is 0 Å². The Morgan fingerprint density at radius 1 is 0.231 bits per heavy atom. The van der Waals surface area contributed by atoms with Crippen LogP contribution in [0.1, 0.15) is 0 Å². The van der Waals surface area contributed by atoms with Gasteiger partial charge >= 0.3 is 0 Å². The first-order valence-corrected chi connectivity index (χ1v) is 17.7. The number of furan rings is 2. The molecule has 0 saturated carbocycles. The van der Waals surface area contributed by atoms with Gasteiger partial charge in [0.15, 0.2) is 0 Å². The molecule has 2 heteroatoms. The molecule has 0 amide bonds. The van der Waals surface area contributed by atoms with Gasteiger partial charge in [-0.1, -0.05) is 133 Å². The van der Waals surface area contributed by atoms with Crippen LogP contribution in [-0.2, 0) is 0 Å². The van der Waals surface area contributed by atoms with Gasteiger partial charge < -0.3 is 8.83 Å². The second kappa shape index (κ2) is 11.3. The van der Waals surface area contributed by atoms with E-state index in [0.717, 1.165) is 55.0 Å². The molecule has 0 aliphatic rings. The lowest BCUT2D eigenvalue weighted by molar-refractivity contribution is 0.668. The predicted octanol–water partition coefficient (Wildman–Crippen LogP) is 14.5. The summed E-state index contributed by atoms with van der Waals surface area (Å²) in [7, 11) is 0. The lowest BCUT2D eigenvalue weighted by Crippen LogP contribution is -1.91. The summed E-state index contributed by atoms with van der Waals surface area (Å²) in [5.41, 5.74) is 13.0. The van der Waals surface area contributed by atoms with Crippen molar-refractivity contribution in [3.05, 3.63) is 182 Å². The van der Waals surface area contributed by atoms with Crippen LogP contribution in [0.15, 0.2) is 191 Å². The second-order valence-corrected chi connectivity index (χ2v) is 13.6. The van der Waals surface area contributed by atoms with Gasteiger partial charge in [0, 0.05) is 21.5 Å². The Morgan fingerprint density at radius 2 is 0.692 bits per heavy atom. The molecule has 0 spiro atoms. The molecule has 11 aromatic rings. The van der Waals surface area contributed by atoms with Crippen molar-refractivity contribution >= 4 is 65.4 Å². The third-order valence-corrected chi connectivity index (χ3v) is 10.7. The predicted molar refractivity (Wildman–Crippen MR) is 218 cm³/mol. The van der Waals surface area contributed by atoms with Gasteiger partial charge in [-0.15, -0.1) is 0 Å². The number of hydrogen-bond donors (Lipinski definition) is 0. The van der Waals surface area contributed by atoms with Crippen LogP contribution in [0.2, 0.25) is 0 Å². The van der Waals surface area contributed by atoms with Crippen molar-refractivity contribution in [2.24, 2.45) is 0 Å². The van der Waals surface area contributed by atoms with Crippen LogP contribution in [0.4, 0.5) is 0 Å². The molecule has 0 bridgehead atoms. The first-order chi connectivity index (χ1) is 25.8. The topological polar surface area (TPSA) is 26.3 Å². The highest BCUT2D eigenvalue weighted by molar-refractivity contribution is 6.20. The molecule has 0 aliphatic heterocycles. The SMILES string of the molecule is c1ccc(-c2cccc(-c3c4cccc(-c5ccc6c(c5)oc5ccccc56)c4cc4c(-c5ccc6c(c5)oc5ccccc56)cccc34)c2)cc1. The number of rotatable bonds is 4. The molecule has 0 unspecified atom stereocenters. The van der Waals surface area contributed by atoms with E-state index in [-0.39, 0.29) is 0 Å². The van der Waals surface area contributed by atoms with Crippen LogP contribution in [0.25, 0.3) is 110 Å². The second-order valence-electron chi connectivity index (χ2n) is 13.6. The van der Waals surface area contributed by atoms with Gasteiger partial charge in [0.25, 0.3) is 0 Å². The highest BCUT2D eigenvalue weighted by Gasteiger charge is 2.18. The molecular weight excluding hydrogens is 633 g/mol. The van der Waals surface area contributed by atoms with Gasteiger partial charge in [-0.25, -0.2) is 0 Å². The van der Waals surface area contributed by atoms with Crippen LogP contribution in [0.3, 0.4) is 0 Å². The van der Waals surface area contributed by atoms with Gasteiger partial charge in [-0.2, -0.15) is 0 Å². The van der Waals surface area contributed by atoms with Gasteiger partial charge in [0.05, 0.1) is 0 Å². The minimum absolute atomic E-state index is 0.895. The highest BCUT2D eigenvalue weighted by atomic mass is 16.3. The van der Waals surface area contributed by atoms with E-state index in [1.807, 2.05) is 24.3 Å². The lowest BCUT2D eigenvalue weighted by Gasteiger charge is -2.18. The molecule has 0 atom stereocenters. The monoisotopic (exact) mass is 662 g/mol. The Balaban J connectivity index is 1.20.